The summed E-state index contributed by atoms with van der Waals surface area (Å²) < 4.78 is 24.4. The molecule has 13 heteroatoms. The number of carbonyl (C=O) groups excluding carboxylic acids is 1. The number of urea groups is 1. The van der Waals surface area contributed by atoms with Crippen LogP contribution in [0.3, 0.4) is 0 Å². The number of nitrogens with zero attached hydrogens (tertiary/aromatic N) is 4. The van der Waals surface area contributed by atoms with Gasteiger partial charge in [-0.2, -0.15) is 5.10 Å². The topological polar surface area (TPSA) is 157 Å². The highest BCUT2D eigenvalue weighted by Gasteiger charge is 2.13. The first-order valence-corrected chi connectivity index (χ1v) is 10.6. The van der Waals surface area contributed by atoms with Gasteiger partial charge in [0.1, 0.15) is 6.33 Å². The minimum absolute atomic E-state index is 0.0133. The van der Waals surface area contributed by atoms with Crippen molar-refractivity contribution < 1.29 is 13.2 Å². The van der Waals surface area contributed by atoms with Crippen molar-refractivity contribution in [3.63, 3.8) is 0 Å². The van der Waals surface area contributed by atoms with Crippen molar-refractivity contribution in [2.45, 2.75) is 4.90 Å². The van der Waals surface area contributed by atoms with Gasteiger partial charge in [-0.25, -0.2) is 33.0 Å². The van der Waals surface area contributed by atoms with Crippen LogP contribution in [0.25, 0.3) is 16.7 Å². The van der Waals surface area contributed by atoms with E-state index in [9.17, 15) is 13.2 Å². The van der Waals surface area contributed by atoms with E-state index in [0.29, 0.717) is 33.2 Å². The van der Waals surface area contributed by atoms with Gasteiger partial charge < -0.3 is 5.32 Å². The Balaban J connectivity index is 1.52. The number of nitrogens with two attached hydrogens (primary N) is 1. The molecule has 0 saturated carbocycles. The number of carbonyl (C=O) groups is 1. The summed E-state index contributed by atoms with van der Waals surface area (Å²) in [5, 5.41) is 13.1. The SMILES string of the molecule is NS(=O)(=O)c1ccc(-n2ncc3c(NNC(=O)Nc4ccc(Cl)cc4)ncnc32)cc1. The van der Waals surface area contributed by atoms with E-state index in [-0.39, 0.29) is 4.90 Å². The number of rotatable bonds is 5. The van der Waals surface area contributed by atoms with Gasteiger partial charge in [0.15, 0.2) is 11.5 Å². The lowest BCUT2D eigenvalue weighted by molar-refractivity contribution is 0.254. The van der Waals surface area contributed by atoms with Crippen LogP contribution in [0.4, 0.5) is 16.3 Å². The molecule has 0 aliphatic heterocycles. The molecule has 0 atom stereocenters. The van der Waals surface area contributed by atoms with Crippen LogP contribution in [0.2, 0.25) is 5.02 Å². The van der Waals surface area contributed by atoms with Gasteiger partial charge in [-0.05, 0) is 48.5 Å². The molecule has 5 N–H and O–H groups in total. The van der Waals surface area contributed by atoms with Crippen molar-refractivity contribution in [1.82, 2.24) is 25.2 Å². The Kier molecular flexibility index (Phi) is 5.42. The van der Waals surface area contributed by atoms with Crippen molar-refractivity contribution in [1.29, 1.82) is 0 Å². The molecule has 0 bridgehead atoms. The maximum Gasteiger partial charge on any atom is 0.337 e. The fourth-order valence-electron chi connectivity index (χ4n) is 2.72. The average Bonchev–Trinajstić information content (AvgIpc) is 3.18. The Morgan fingerprint density at radius 1 is 1.03 bits per heavy atom. The fourth-order valence-corrected chi connectivity index (χ4v) is 3.36. The van der Waals surface area contributed by atoms with E-state index < -0.39 is 16.1 Å². The van der Waals surface area contributed by atoms with Gasteiger partial charge in [0, 0.05) is 10.7 Å². The van der Waals surface area contributed by atoms with E-state index in [1.165, 1.54) is 29.3 Å². The van der Waals surface area contributed by atoms with E-state index in [1.54, 1.807) is 36.4 Å². The second-order valence-electron chi connectivity index (χ2n) is 6.27. The minimum atomic E-state index is -3.80. The first-order valence-electron chi connectivity index (χ1n) is 8.72. The number of benzene rings is 2. The lowest BCUT2D eigenvalue weighted by Gasteiger charge is -2.10. The molecule has 0 unspecified atom stereocenters. The number of anilines is 2. The Hall–Kier alpha value is -3.74. The number of hydrogen-bond donors (Lipinski definition) is 4. The maximum absolute atomic E-state index is 12.1. The third-order valence-electron chi connectivity index (χ3n) is 4.17. The van der Waals surface area contributed by atoms with Gasteiger partial charge in [0.2, 0.25) is 10.0 Å². The van der Waals surface area contributed by atoms with Crippen LogP contribution in [0.1, 0.15) is 0 Å². The first kappa shape index (κ1) is 20.5. The molecule has 158 valence electrons. The highest BCUT2D eigenvalue weighted by molar-refractivity contribution is 7.89. The molecule has 4 aromatic rings. The van der Waals surface area contributed by atoms with Gasteiger partial charge in [-0.15, -0.1) is 0 Å². The molecule has 2 heterocycles. The van der Waals surface area contributed by atoms with E-state index in [4.69, 9.17) is 16.7 Å². The molecule has 0 spiro atoms. The van der Waals surface area contributed by atoms with E-state index in [0.717, 1.165) is 0 Å². The van der Waals surface area contributed by atoms with E-state index >= 15 is 0 Å². The second-order valence-corrected chi connectivity index (χ2v) is 8.26. The second kappa shape index (κ2) is 8.18. The zero-order valence-electron chi connectivity index (χ0n) is 15.7. The largest absolute Gasteiger partial charge is 0.337 e. The van der Waals surface area contributed by atoms with E-state index in [2.05, 4.69) is 31.2 Å². The Bertz CT molecular complexity index is 1360. The van der Waals surface area contributed by atoms with Crippen molar-refractivity contribution >= 4 is 50.2 Å². The number of hydrazine groups is 1. The summed E-state index contributed by atoms with van der Waals surface area (Å²) in [7, 11) is -3.80. The predicted molar refractivity (Wildman–Crippen MR) is 115 cm³/mol. The lowest BCUT2D eigenvalue weighted by atomic mass is 10.3. The van der Waals surface area contributed by atoms with Crippen LogP contribution in [0.15, 0.2) is 66.0 Å². The molecule has 2 aromatic heterocycles. The smallest absolute Gasteiger partial charge is 0.307 e. The lowest BCUT2D eigenvalue weighted by Crippen LogP contribution is -2.34. The molecule has 11 nitrogen and oxygen atoms in total. The van der Waals surface area contributed by atoms with Crippen LogP contribution in [-0.4, -0.2) is 34.2 Å². The Morgan fingerprint density at radius 3 is 2.42 bits per heavy atom. The Labute approximate surface area is 181 Å². The molecule has 0 fully saturated rings. The zero-order valence-corrected chi connectivity index (χ0v) is 17.2. The third kappa shape index (κ3) is 4.55. The van der Waals surface area contributed by atoms with Crippen LogP contribution in [-0.2, 0) is 10.0 Å². The predicted octanol–water partition coefficient (Wildman–Crippen LogP) is 2.26. The molecule has 0 aliphatic rings. The van der Waals surface area contributed by atoms with Gasteiger partial charge in [0.25, 0.3) is 0 Å². The molecule has 0 aliphatic carbocycles. The molecular weight excluding hydrogens is 444 g/mol. The monoisotopic (exact) mass is 458 g/mol. The van der Waals surface area contributed by atoms with Crippen LogP contribution in [0, 0.1) is 0 Å². The molecule has 2 aromatic carbocycles. The number of primary sulfonamides is 1. The summed E-state index contributed by atoms with van der Waals surface area (Å²) in [4.78, 5) is 20.4. The quantitative estimate of drug-likeness (QED) is 0.334. The summed E-state index contributed by atoms with van der Waals surface area (Å²) in [6, 6.07) is 12.0. The summed E-state index contributed by atoms with van der Waals surface area (Å²) in [5.41, 5.74) is 6.79. The van der Waals surface area contributed by atoms with Crippen LogP contribution < -0.4 is 21.3 Å². The van der Waals surface area contributed by atoms with Gasteiger partial charge in [0.05, 0.1) is 22.2 Å². The normalized spacial score (nSPS) is 11.3. The van der Waals surface area contributed by atoms with Gasteiger partial charge in [-0.1, -0.05) is 11.6 Å². The Morgan fingerprint density at radius 2 is 1.74 bits per heavy atom. The average molecular weight is 459 g/mol. The van der Waals surface area contributed by atoms with Crippen LogP contribution in [0.5, 0.6) is 0 Å². The molecule has 0 saturated heterocycles. The molecule has 31 heavy (non-hydrogen) atoms. The number of fused-ring (bicyclic) bond motifs is 1. The zero-order chi connectivity index (χ0) is 22.0. The maximum atomic E-state index is 12.1. The van der Waals surface area contributed by atoms with Crippen molar-refractivity contribution in [2.24, 2.45) is 5.14 Å². The standard InChI is InChI=1S/C18H15ClN8O3S/c19-11-1-3-12(4-2-11)24-18(28)26-25-16-15-9-23-27(17(15)22-10-21-16)13-5-7-14(8-6-13)31(20,29)30/h1-10H,(H2,20,29,30)(H,21,22,25)(H2,24,26,28). The van der Waals surface area contributed by atoms with Crippen molar-refractivity contribution in [2.75, 3.05) is 10.7 Å². The van der Waals surface area contributed by atoms with Crippen molar-refractivity contribution in [3.8, 4) is 5.69 Å². The number of nitrogens with one attached hydrogen (secondary N) is 3. The summed E-state index contributed by atoms with van der Waals surface area (Å²) >= 11 is 5.82. The molecule has 4 rings (SSSR count). The number of aromatic nitrogens is 4. The molecule has 2 amide bonds. The molecule has 0 radical (unpaired) electrons. The summed E-state index contributed by atoms with van der Waals surface area (Å²) in [6.45, 7) is 0. The highest BCUT2D eigenvalue weighted by Crippen LogP contribution is 2.22. The fraction of sp³-hybridized carbons (Fsp3) is 0. The summed E-state index contributed by atoms with van der Waals surface area (Å²) in [6.07, 6.45) is 2.82. The minimum Gasteiger partial charge on any atom is -0.307 e. The van der Waals surface area contributed by atoms with Gasteiger partial charge >= 0.3 is 6.03 Å². The highest BCUT2D eigenvalue weighted by atomic mass is 35.5. The number of hydrogen-bond acceptors (Lipinski definition) is 7. The van der Waals surface area contributed by atoms with Crippen molar-refractivity contribution in [3.05, 3.63) is 66.1 Å². The van der Waals surface area contributed by atoms with Crippen LogP contribution >= 0.6 is 11.6 Å². The van der Waals surface area contributed by atoms with Gasteiger partial charge in [-0.3, -0.25) is 10.9 Å². The summed E-state index contributed by atoms with van der Waals surface area (Å²) in [5.74, 6) is 0.323. The number of sulfonamides is 1. The number of halogens is 1. The molecular formula is C18H15ClN8O3S. The first-order chi connectivity index (χ1) is 14.8. The van der Waals surface area contributed by atoms with E-state index in [1.807, 2.05) is 0 Å². The third-order valence-corrected chi connectivity index (χ3v) is 5.35. The number of amides is 2.